The zero-order valence-corrected chi connectivity index (χ0v) is 15.8. The molecular formula is C21H22N2O5. The molecule has 1 amide bonds. The monoisotopic (exact) mass is 382 g/mol. The minimum Gasteiger partial charge on any atom is -0.496 e. The van der Waals surface area contributed by atoms with E-state index in [0.717, 1.165) is 28.1 Å². The quantitative estimate of drug-likeness (QED) is 0.370. The third-order valence-corrected chi connectivity index (χ3v) is 4.62. The van der Waals surface area contributed by atoms with Crippen LogP contribution in [0.15, 0.2) is 57.7 Å². The van der Waals surface area contributed by atoms with Crippen LogP contribution < -0.4 is 20.7 Å². The molecule has 7 heteroatoms. The summed E-state index contributed by atoms with van der Waals surface area (Å²) in [5.74, 6) is 0.300. The second-order valence-electron chi connectivity index (χ2n) is 6.39. The number of ether oxygens (including phenoxy) is 1. The van der Waals surface area contributed by atoms with Gasteiger partial charge in [0.25, 0.3) is 0 Å². The van der Waals surface area contributed by atoms with E-state index in [0.29, 0.717) is 18.4 Å². The van der Waals surface area contributed by atoms with E-state index in [1.54, 1.807) is 18.7 Å². The molecule has 3 rings (SSSR count). The molecule has 0 atom stereocenters. The number of anilines is 2. The van der Waals surface area contributed by atoms with E-state index in [1.165, 1.54) is 6.07 Å². The van der Waals surface area contributed by atoms with Crippen molar-refractivity contribution in [2.24, 2.45) is 0 Å². The molecule has 0 saturated heterocycles. The molecule has 1 heterocycles. The number of carbonyl (C=O) groups excluding carboxylic acids is 1. The van der Waals surface area contributed by atoms with E-state index in [2.05, 4.69) is 0 Å². The molecule has 0 aliphatic carbocycles. The summed E-state index contributed by atoms with van der Waals surface area (Å²) in [6, 6.07) is 14.6. The maximum absolute atomic E-state index is 12.0. The first-order valence-corrected chi connectivity index (χ1v) is 8.90. The van der Waals surface area contributed by atoms with Crippen molar-refractivity contribution >= 4 is 28.3 Å². The van der Waals surface area contributed by atoms with Gasteiger partial charge in [-0.1, -0.05) is 12.1 Å². The van der Waals surface area contributed by atoms with Crippen LogP contribution in [0.3, 0.4) is 0 Å². The highest BCUT2D eigenvalue weighted by molar-refractivity contribution is 5.92. The number of carbonyl (C=O) groups is 1. The van der Waals surface area contributed by atoms with Crippen LogP contribution in [-0.2, 0) is 11.2 Å². The van der Waals surface area contributed by atoms with Gasteiger partial charge in [0, 0.05) is 30.6 Å². The lowest BCUT2D eigenvalue weighted by Crippen LogP contribution is -2.18. The minimum absolute atomic E-state index is 0.212. The summed E-state index contributed by atoms with van der Waals surface area (Å²) in [4.78, 5) is 25.1. The molecule has 146 valence electrons. The standard InChI is InChI=1S/C21H22N2O5/c1-23(17-13-21(25)28-19-8-4-3-7-16(17)19)15-10-11-18(27-2)14(12-15)6-5-9-20(24)22-26/h3-4,7-8,10-13,26H,5-6,9H2,1-2H3,(H,22,24). The van der Waals surface area contributed by atoms with E-state index in [-0.39, 0.29) is 6.42 Å². The van der Waals surface area contributed by atoms with Crippen LogP contribution in [0.1, 0.15) is 18.4 Å². The zero-order chi connectivity index (χ0) is 20.1. The first-order chi connectivity index (χ1) is 13.5. The molecule has 3 aromatic rings. The number of methoxy groups -OCH3 is 1. The van der Waals surface area contributed by atoms with E-state index in [4.69, 9.17) is 14.4 Å². The maximum atomic E-state index is 12.0. The predicted molar refractivity (Wildman–Crippen MR) is 106 cm³/mol. The molecule has 0 aliphatic rings. The van der Waals surface area contributed by atoms with Crippen molar-refractivity contribution in [3.8, 4) is 5.75 Å². The van der Waals surface area contributed by atoms with E-state index >= 15 is 0 Å². The second kappa shape index (κ2) is 8.58. The molecule has 2 aromatic carbocycles. The van der Waals surface area contributed by atoms with Crippen LogP contribution in [0.25, 0.3) is 11.0 Å². The molecule has 0 bridgehead atoms. The Morgan fingerprint density at radius 2 is 2.00 bits per heavy atom. The average molecular weight is 382 g/mol. The van der Waals surface area contributed by atoms with E-state index in [9.17, 15) is 9.59 Å². The molecule has 28 heavy (non-hydrogen) atoms. The first kappa shape index (κ1) is 19.4. The fourth-order valence-electron chi connectivity index (χ4n) is 3.18. The molecular weight excluding hydrogens is 360 g/mol. The molecule has 0 radical (unpaired) electrons. The lowest BCUT2D eigenvalue weighted by Gasteiger charge is -2.22. The fraction of sp³-hybridized carbons (Fsp3) is 0.238. The zero-order valence-electron chi connectivity index (χ0n) is 15.8. The highest BCUT2D eigenvalue weighted by Crippen LogP contribution is 2.33. The first-order valence-electron chi connectivity index (χ1n) is 8.90. The van der Waals surface area contributed by atoms with Crippen LogP contribution in [0.5, 0.6) is 5.75 Å². The number of rotatable bonds is 7. The summed E-state index contributed by atoms with van der Waals surface area (Å²) in [6.45, 7) is 0. The summed E-state index contributed by atoms with van der Waals surface area (Å²) in [7, 11) is 3.48. The number of nitrogens with one attached hydrogen (secondary N) is 1. The topological polar surface area (TPSA) is 92.0 Å². The molecule has 0 fully saturated rings. The summed E-state index contributed by atoms with van der Waals surface area (Å²) in [6.07, 6.45) is 1.38. The molecule has 1 aromatic heterocycles. The predicted octanol–water partition coefficient (Wildman–Crippen LogP) is 3.40. The Labute approximate surface area is 162 Å². The molecule has 7 nitrogen and oxygen atoms in total. The van der Waals surface area contributed by atoms with Crippen LogP contribution in [0, 0.1) is 0 Å². The highest BCUT2D eigenvalue weighted by Gasteiger charge is 2.13. The Bertz CT molecular complexity index is 1040. The summed E-state index contributed by atoms with van der Waals surface area (Å²) in [5.41, 5.74) is 4.30. The maximum Gasteiger partial charge on any atom is 0.338 e. The second-order valence-corrected chi connectivity index (χ2v) is 6.39. The van der Waals surface area contributed by atoms with Gasteiger partial charge in [-0.15, -0.1) is 0 Å². The number of benzene rings is 2. The van der Waals surface area contributed by atoms with Crippen molar-refractivity contribution in [1.82, 2.24) is 5.48 Å². The number of aryl methyl sites for hydroxylation is 1. The molecule has 0 saturated carbocycles. The Balaban J connectivity index is 1.94. The SMILES string of the molecule is COc1ccc(N(C)c2cc(=O)oc3ccccc23)cc1CCCC(=O)NO. The van der Waals surface area contributed by atoms with Gasteiger partial charge in [0.1, 0.15) is 11.3 Å². The largest absolute Gasteiger partial charge is 0.496 e. The minimum atomic E-state index is -0.422. The molecule has 0 aliphatic heterocycles. The van der Waals surface area contributed by atoms with Crippen molar-refractivity contribution in [3.63, 3.8) is 0 Å². The van der Waals surface area contributed by atoms with Crippen LogP contribution in [-0.4, -0.2) is 25.3 Å². The van der Waals surface area contributed by atoms with Crippen molar-refractivity contribution in [2.75, 3.05) is 19.1 Å². The highest BCUT2D eigenvalue weighted by atomic mass is 16.5. The van der Waals surface area contributed by atoms with Gasteiger partial charge in [-0.05, 0) is 48.7 Å². The number of fused-ring (bicyclic) bond motifs is 1. The molecule has 2 N–H and O–H groups in total. The van der Waals surface area contributed by atoms with Gasteiger partial charge >= 0.3 is 5.63 Å². The number of para-hydroxylation sites is 1. The summed E-state index contributed by atoms with van der Waals surface area (Å²) < 4.78 is 10.7. The Morgan fingerprint density at radius 1 is 1.21 bits per heavy atom. The van der Waals surface area contributed by atoms with Crippen molar-refractivity contribution in [1.29, 1.82) is 0 Å². The van der Waals surface area contributed by atoms with E-state index < -0.39 is 11.5 Å². The third kappa shape index (κ3) is 4.15. The lowest BCUT2D eigenvalue weighted by molar-refractivity contribution is -0.129. The van der Waals surface area contributed by atoms with Gasteiger partial charge in [-0.25, -0.2) is 10.3 Å². The van der Waals surface area contributed by atoms with Gasteiger partial charge < -0.3 is 14.1 Å². The number of amides is 1. The van der Waals surface area contributed by atoms with E-state index in [1.807, 2.05) is 48.3 Å². The average Bonchev–Trinajstić information content (AvgIpc) is 2.72. The Kier molecular flexibility index (Phi) is 5.96. The molecule has 0 spiro atoms. The number of hydroxylamine groups is 1. The smallest absolute Gasteiger partial charge is 0.338 e. The lowest BCUT2D eigenvalue weighted by atomic mass is 10.0. The van der Waals surface area contributed by atoms with Crippen LogP contribution >= 0.6 is 0 Å². The Hall–Kier alpha value is -3.32. The number of nitrogens with zero attached hydrogens (tertiary/aromatic N) is 1. The van der Waals surface area contributed by atoms with Crippen molar-refractivity contribution < 1.29 is 19.2 Å². The Morgan fingerprint density at radius 3 is 2.75 bits per heavy atom. The van der Waals surface area contributed by atoms with Gasteiger partial charge in [0.2, 0.25) is 5.91 Å². The third-order valence-electron chi connectivity index (χ3n) is 4.62. The number of hydrogen-bond acceptors (Lipinski definition) is 6. The fourth-order valence-corrected chi connectivity index (χ4v) is 3.18. The molecule has 0 unspecified atom stereocenters. The normalized spacial score (nSPS) is 10.7. The van der Waals surface area contributed by atoms with Gasteiger partial charge in [-0.2, -0.15) is 0 Å². The van der Waals surface area contributed by atoms with Crippen LogP contribution in [0.2, 0.25) is 0 Å². The summed E-state index contributed by atoms with van der Waals surface area (Å²) >= 11 is 0. The van der Waals surface area contributed by atoms with Crippen molar-refractivity contribution in [3.05, 3.63) is 64.5 Å². The number of hydrogen-bond donors (Lipinski definition) is 2. The van der Waals surface area contributed by atoms with Gasteiger partial charge in [0.05, 0.1) is 12.8 Å². The van der Waals surface area contributed by atoms with Crippen LogP contribution in [0.4, 0.5) is 11.4 Å². The summed E-state index contributed by atoms with van der Waals surface area (Å²) in [5, 5.41) is 9.46. The van der Waals surface area contributed by atoms with Crippen molar-refractivity contribution in [2.45, 2.75) is 19.3 Å². The van der Waals surface area contributed by atoms with Gasteiger partial charge in [-0.3, -0.25) is 10.0 Å². The van der Waals surface area contributed by atoms with Gasteiger partial charge in [0.15, 0.2) is 0 Å².